The van der Waals surface area contributed by atoms with E-state index in [4.69, 9.17) is 9.79 Å². The number of carbonyl (C=O) groups is 2. The molecule has 1 saturated heterocycles. The zero-order valence-corrected chi connectivity index (χ0v) is 14.1. The molecule has 2 aromatic rings. The molecule has 3 amide bonds. The Balaban J connectivity index is 2.08. The van der Waals surface area contributed by atoms with Crippen LogP contribution in [-0.4, -0.2) is 33.4 Å². The summed E-state index contributed by atoms with van der Waals surface area (Å²) in [6.07, 6.45) is 0. The third-order valence-electron chi connectivity index (χ3n) is 3.94. The van der Waals surface area contributed by atoms with Crippen LogP contribution in [0.1, 0.15) is 11.1 Å². The highest BCUT2D eigenvalue weighted by Crippen LogP contribution is 2.39. The van der Waals surface area contributed by atoms with Gasteiger partial charge in [0.25, 0.3) is 5.91 Å². The normalized spacial score (nSPS) is 20.3. The smallest absolute Gasteiger partial charge is 0.315 e. The number of hydrogen-bond donors (Lipinski definition) is 3. The van der Waals surface area contributed by atoms with Crippen LogP contribution in [0, 0.1) is 5.82 Å². The zero-order valence-electron chi connectivity index (χ0n) is 13.2. The summed E-state index contributed by atoms with van der Waals surface area (Å²) >= 11 is 0. The number of imide groups is 1. The van der Waals surface area contributed by atoms with Crippen molar-refractivity contribution in [3.05, 3.63) is 71.5 Å². The van der Waals surface area contributed by atoms with Gasteiger partial charge in [-0.25, -0.2) is 18.6 Å². The molecule has 0 radical (unpaired) electrons. The van der Waals surface area contributed by atoms with E-state index in [1.165, 1.54) is 12.1 Å². The van der Waals surface area contributed by atoms with E-state index in [9.17, 15) is 18.5 Å². The lowest BCUT2D eigenvalue weighted by Gasteiger charge is -2.28. The summed E-state index contributed by atoms with van der Waals surface area (Å²) in [6, 6.07) is 12.4. The Morgan fingerprint density at radius 1 is 1.04 bits per heavy atom. The van der Waals surface area contributed by atoms with Crippen LogP contribution in [0.2, 0.25) is 0 Å². The molecule has 0 spiro atoms. The van der Waals surface area contributed by atoms with Crippen molar-refractivity contribution in [1.29, 1.82) is 0 Å². The molecular formula is C16H14FN2O6P. The molecule has 10 heteroatoms. The Bertz CT molecular complexity index is 885. The first-order valence-corrected chi connectivity index (χ1v) is 8.93. The average Bonchev–Trinajstić information content (AvgIpc) is 2.85. The maximum absolute atomic E-state index is 13.3. The number of amides is 3. The number of urea groups is 1. The fourth-order valence-electron chi connectivity index (χ4n) is 2.77. The van der Waals surface area contributed by atoms with Crippen molar-refractivity contribution in [3.8, 4) is 0 Å². The molecule has 2 aromatic carbocycles. The first-order valence-electron chi connectivity index (χ1n) is 7.40. The van der Waals surface area contributed by atoms with Crippen LogP contribution in [-0.2, 0) is 19.4 Å². The maximum atomic E-state index is 13.3. The summed E-state index contributed by atoms with van der Waals surface area (Å²) in [5.74, 6) is -1.32. The second kappa shape index (κ2) is 6.62. The monoisotopic (exact) mass is 380 g/mol. The van der Waals surface area contributed by atoms with Gasteiger partial charge in [0.1, 0.15) is 12.5 Å². The quantitative estimate of drug-likeness (QED) is 0.537. The van der Waals surface area contributed by atoms with E-state index in [1.54, 1.807) is 30.3 Å². The molecule has 0 aliphatic carbocycles. The van der Waals surface area contributed by atoms with E-state index in [-0.39, 0.29) is 0 Å². The van der Waals surface area contributed by atoms with Gasteiger partial charge in [-0.3, -0.25) is 9.32 Å². The summed E-state index contributed by atoms with van der Waals surface area (Å²) in [4.78, 5) is 43.6. The van der Waals surface area contributed by atoms with Crippen molar-refractivity contribution >= 4 is 19.8 Å². The standard InChI is InChI=1S/C16H14FN2O6P/c17-13-8-6-12(7-9-13)16(11-4-2-1-3-5-11)14(20)19(15(21)18-16)10-25-26(22,23)24/h1-9H,10H2,(H,18,21)(H2,22,23,24). The van der Waals surface area contributed by atoms with E-state index in [0.717, 1.165) is 12.1 Å². The van der Waals surface area contributed by atoms with Crippen LogP contribution in [0.4, 0.5) is 9.18 Å². The minimum absolute atomic E-state index is 0.294. The molecular weight excluding hydrogens is 366 g/mol. The van der Waals surface area contributed by atoms with E-state index in [2.05, 4.69) is 9.84 Å². The minimum atomic E-state index is -4.89. The van der Waals surface area contributed by atoms with E-state index in [0.29, 0.717) is 16.0 Å². The molecule has 1 aliphatic heterocycles. The molecule has 1 fully saturated rings. The largest absolute Gasteiger partial charge is 0.471 e. The Morgan fingerprint density at radius 2 is 1.62 bits per heavy atom. The van der Waals surface area contributed by atoms with Gasteiger partial charge in [-0.05, 0) is 23.3 Å². The summed E-state index contributed by atoms with van der Waals surface area (Å²) in [5.41, 5.74) is -0.963. The Labute approximate surface area is 147 Å². The number of rotatable bonds is 5. The molecule has 1 aliphatic rings. The highest BCUT2D eigenvalue weighted by Gasteiger charge is 2.54. The summed E-state index contributed by atoms with van der Waals surface area (Å²) in [5, 5.41) is 2.54. The average molecular weight is 380 g/mol. The number of nitrogens with zero attached hydrogens (tertiary/aromatic N) is 1. The molecule has 1 atom stereocenters. The second-order valence-electron chi connectivity index (χ2n) is 5.54. The van der Waals surface area contributed by atoms with Gasteiger partial charge in [0, 0.05) is 0 Å². The Kier molecular flexibility index (Phi) is 4.64. The van der Waals surface area contributed by atoms with Crippen molar-refractivity contribution in [1.82, 2.24) is 10.2 Å². The van der Waals surface area contributed by atoms with Gasteiger partial charge in [0.15, 0.2) is 5.54 Å². The van der Waals surface area contributed by atoms with E-state index < -0.39 is 37.8 Å². The van der Waals surface area contributed by atoms with Gasteiger partial charge >= 0.3 is 13.9 Å². The molecule has 3 rings (SSSR count). The zero-order chi connectivity index (χ0) is 18.9. The topological polar surface area (TPSA) is 116 Å². The third kappa shape index (κ3) is 3.25. The molecule has 0 bridgehead atoms. The molecule has 136 valence electrons. The van der Waals surface area contributed by atoms with Gasteiger partial charge in [-0.15, -0.1) is 0 Å². The number of phosphoric ester groups is 1. The van der Waals surface area contributed by atoms with Gasteiger partial charge in [-0.2, -0.15) is 0 Å². The second-order valence-corrected chi connectivity index (χ2v) is 6.77. The Morgan fingerprint density at radius 3 is 2.19 bits per heavy atom. The first kappa shape index (κ1) is 18.2. The maximum Gasteiger partial charge on any atom is 0.471 e. The van der Waals surface area contributed by atoms with Crippen LogP contribution in [0.15, 0.2) is 54.6 Å². The summed E-state index contributed by atoms with van der Waals surface area (Å²) < 4.78 is 28.5. The van der Waals surface area contributed by atoms with Gasteiger partial charge in [0.05, 0.1) is 0 Å². The number of halogens is 1. The molecule has 0 saturated carbocycles. The molecule has 1 unspecified atom stereocenters. The van der Waals surface area contributed by atoms with Gasteiger partial charge in [0.2, 0.25) is 0 Å². The lowest BCUT2D eigenvalue weighted by molar-refractivity contribution is -0.132. The van der Waals surface area contributed by atoms with Crippen LogP contribution >= 0.6 is 7.82 Å². The highest BCUT2D eigenvalue weighted by atomic mass is 31.2. The molecule has 26 heavy (non-hydrogen) atoms. The summed E-state index contributed by atoms with van der Waals surface area (Å²) in [7, 11) is -4.89. The third-order valence-corrected chi connectivity index (χ3v) is 4.40. The predicted molar refractivity (Wildman–Crippen MR) is 87.0 cm³/mol. The highest BCUT2D eigenvalue weighted by molar-refractivity contribution is 7.46. The fourth-order valence-corrected chi connectivity index (χ4v) is 3.04. The molecule has 3 N–H and O–H groups in total. The van der Waals surface area contributed by atoms with Crippen molar-refractivity contribution in [2.45, 2.75) is 5.54 Å². The lowest BCUT2D eigenvalue weighted by atomic mass is 9.82. The minimum Gasteiger partial charge on any atom is -0.315 e. The van der Waals surface area contributed by atoms with E-state index in [1.807, 2.05) is 0 Å². The molecule has 0 aromatic heterocycles. The van der Waals surface area contributed by atoms with Crippen molar-refractivity contribution < 1.29 is 32.9 Å². The van der Waals surface area contributed by atoms with Gasteiger partial charge in [-0.1, -0.05) is 42.5 Å². The van der Waals surface area contributed by atoms with Crippen LogP contribution in [0.5, 0.6) is 0 Å². The SMILES string of the molecule is O=C1NC(c2ccccc2)(c2ccc(F)cc2)C(=O)N1COP(=O)(O)O. The number of carbonyl (C=O) groups excluding carboxylic acids is 2. The predicted octanol–water partition coefficient (Wildman–Crippen LogP) is 1.69. The van der Waals surface area contributed by atoms with Crippen molar-refractivity contribution in [2.24, 2.45) is 0 Å². The van der Waals surface area contributed by atoms with Gasteiger partial charge < -0.3 is 15.1 Å². The number of phosphoric acid groups is 1. The lowest BCUT2D eigenvalue weighted by Crippen LogP contribution is -2.45. The molecule has 8 nitrogen and oxygen atoms in total. The fraction of sp³-hybridized carbons (Fsp3) is 0.125. The van der Waals surface area contributed by atoms with Crippen molar-refractivity contribution in [2.75, 3.05) is 6.73 Å². The number of nitrogens with one attached hydrogen (secondary N) is 1. The number of hydrogen-bond acceptors (Lipinski definition) is 4. The van der Waals surface area contributed by atoms with Crippen molar-refractivity contribution in [3.63, 3.8) is 0 Å². The number of benzene rings is 2. The summed E-state index contributed by atoms with van der Waals surface area (Å²) in [6.45, 7) is -0.926. The molecule has 1 heterocycles. The van der Waals surface area contributed by atoms with Crippen LogP contribution < -0.4 is 5.32 Å². The first-order chi connectivity index (χ1) is 12.2. The van der Waals surface area contributed by atoms with Crippen LogP contribution in [0.25, 0.3) is 0 Å². The van der Waals surface area contributed by atoms with E-state index >= 15 is 0 Å². The Hall–Kier alpha value is -2.58. The van der Waals surface area contributed by atoms with Crippen LogP contribution in [0.3, 0.4) is 0 Å².